The number of hydrogen-bond donors (Lipinski definition) is 1. The summed E-state index contributed by atoms with van der Waals surface area (Å²) in [5, 5.41) is 0.447. The van der Waals surface area contributed by atoms with Crippen molar-refractivity contribution in [2.45, 2.75) is 23.5 Å². The molecule has 19 heavy (non-hydrogen) atoms. The third kappa shape index (κ3) is 2.28. The van der Waals surface area contributed by atoms with Gasteiger partial charge in [0.15, 0.2) is 0 Å². The van der Waals surface area contributed by atoms with Gasteiger partial charge in [-0.05, 0) is 42.2 Å². The van der Waals surface area contributed by atoms with Crippen molar-refractivity contribution in [3.05, 3.63) is 65.7 Å². The highest BCUT2D eigenvalue weighted by atomic mass is 32.2. The first-order valence-electron chi connectivity index (χ1n) is 6.45. The van der Waals surface area contributed by atoms with Gasteiger partial charge in [-0.2, -0.15) is 0 Å². The van der Waals surface area contributed by atoms with E-state index in [2.05, 4.69) is 49.9 Å². The Bertz CT molecular complexity index is 631. The molecule has 0 saturated carbocycles. The second-order valence-corrected chi connectivity index (χ2v) is 6.30. The number of anilines is 1. The summed E-state index contributed by atoms with van der Waals surface area (Å²) in [6, 6.07) is 14.9. The zero-order valence-electron chi connectivity index (χ0n) is 11.0. The number of allylic oxidation sites excluding steroid dienone is 1. The van der Waals surface area contributed by atoms with Gasteiger partial charge in [0.1, 0.15) is 0 Å². The quantitative estimate of drug-likeness (QED) is 0.749. The van der Waals surface area contributed by atoms with Gasteiger partial charge in [-0.3, -0.25) is 0 Å². The molecular formula is C17H17NS. The van der Waals surface area contributed by atoms with Crippen LogP contribution in [0.5, 0.6) is 0 Å². The molecule has 0 aromatic heterocycles. The topological polar surface area (TPSA) is 26.0 Å². The van der Waals surface area contributed by atoms with Gasteiger partial charge in [0, 0.05) is 21.4 Å². The summed E-state index contributed by atoms with van der Waals surface area (Å²) in [6.45, 7) is 6.32. The molecule has 0 saturated heterocycles. The second-order valence-electron chi connectivity index (χ2n) is 5.05. The molecule has 3 rings (SSSR count). The maximum Gasteiger partial charge on any atom is 0.0404 e. The summed E-state index contributed by atoms with van der Waals surface area (Å²) < 4.78 is 0. The molecule has 0 aliphatic carbocycles. The van der Waals surface area contributed by atoms with Gasteiger partial charge in [-0.25, -0.2) is 0 Å². The number of nitrogens with two attached hydrogens (primary N) is 1. The van der Waals surface area contributed by atoms with Crippen LogP contribution in [-0.4, -0.2) is 0 Å². The summed E-state index contributed by atoms with van der Waals surface area (Å²) in [7, 11) is 0. The average Bonchev–Trinajstić information content (AvgIpc) is 2.38. The van der Waals surface area contributed by atoms with Crippen LogP contribution in [0.2, 0.25) is 0 Å². The largest absolute Gasteiger partial charge is 0.398 e. The van der Waals surface area contributed by atoms with Gasteiger partial charge in [-0.1, -0.05) is 36.9 Å². The van der Waals surface area contributed by atoms with Crippen LogP contribution in [0, 0.1) is 6.92 Å². The molecule has 0 fully saturated rings. The van der Waals surface area contributed by atoms with Crippen molar-refractivity contribution < 1.29 is 0 Å². The molecule has 1 unspecified atom stereocenters. The summed E-state index contributed by atoms with van der Waals surface area (Å²) in [6.07, 6.45) is 0.967. The predicted molar refractivity (Wildman–Crippen MR) is 84.3 cm³/mol. The number of hydrogen-bond acceptors (Lipinski definition) is 2. The number of thioether (sulfide) groups is 1. The van der Waals surface area contributed by atoms with Gasteiger partial charge in [0.25, 0.3) is 0 Å². The Hall–Kier alpha value is -1.67. The number of fused-ring (bicyclic) bond motifs is 1. The Kier molecular flexibility index (Phi) is 3.11. The van der Waals surface area contributed by atoms with Crippen molar-refractivity contribution in [3.63, 3.8) is 0 Å². The Labute approximate surface area is 118 Å². The van der Waals surface area contributed by atoms with E-state index in [4.69, 9.17) is 5.73 Å². The van der Waals surface area contributed by atoms with E-state index < -0.39 is 0 Å². The Morgan fingerprint density at radius 1 is 1.21 bits per heavy atom. The van der Waals surface area contributed by atoms with Crippen LogP contribution in [0.1, 0.15) is 28.4 Å². The van der Waals surface area contributed by atoms with Crippen LogP contribution < -0.4 is 5.73 Å². The molecule has 2 aromatic rings. The molecule has 1 aliphatic heterocycles. The molecule has 2 N–H and O–H groups in total. The van der Waals surface area contributed by atoms with Crippen LogP contribution in [0.25, 0.3) is 5.57 Å². The Morgan fingerprint density at radius 3 is 2.68 bits per heavy atom. The van der Waals surface area contributed by atoms with Gasteiger partial charge in [-0.15, -0.1) is 11.8 Å². The van der Waals surface area contributed by atoms with Crippen LogP contribution >= 0.6 is 11.8 Å². The summed E-state index contributed by atoms with van der Waals surface area (Å²) >= 11 is 1.90. The number of nitrogen functional groups attached to an aromatic ring is 1. The minimum Gasteiger partial charge on any atom is -0.398 e. The normalized spacial score (nSPS) is 18.2. The highest BCUT2D eigenvalue weighted by molar-refractivity contribution is 7.99. The van der Waals surface area contributed by atoms with E-state index >= 15 is 0 Å². The average molecular weight is 267 g/mol. The molecule has 0 bridgehead atoms. The number of rotatable bonds is 1. The van der Waals surface area contributed by atoms with Crippen molar-refractivity contribution in [3.8, 4) is 0 Å². The lowest BCUT2D eigenvalue weighted by atomic mass is 9.96. The fourth-order valence-electron chi connectivity index (χ4n) is 2.63. The molecular weight excluding hydrogens is 250 g/mol. The van der Waals surface area contributed by atoms with Gasteiger partial charge >= 0.3 is 0 Å². The van der Waals surface area contributed by atoms with E-state index in [1.54, 1.807) is 0 Å². The highest BCUT2D eigenvalue weighted by Gasteiger charge is 2.25. The van der Waals surface area contributed by atoms with Gasteiger partial charge < -0.3 is 5.73 Å². The molecule has 96 valence electrons. The zero-order chi connectivity index (χ0) is 13.4. The first-order valence-corrected chi connectivity index (χ1v) is 7.33. The lowest BCUT2D eigenvalue weighted by Crippen LogP contribution is -2.06. The maximum atomic E-state index is 6.14. The molecule has 2 aromatic carbocycles. The van der Waals surface area contributed by atoms with E-state index in [1.165, 1.54) is 16.0 Å². The zero-order valence-corrected chi connectivity index (χ0v) is 11.8. The van der Waals surface area contributed by atoms with Crippen LogP contribution in [0.3, 0.4) is 0 Å². The second kappa shape index (κ2) is 4.78. The lowest BCUT2D eigenvalue weighted by Gasteiger charge is -2.27. The van der Waals surface area contributed by atoms with Crippen molar-refractivity contribution in [2.75, 3.05) is 5.73 Å². The third-order valence-electron chi connectivity index (χ3n) is 3.50. The van der Waals surface area contributed by atoms with Crippen LogP contribution in [0.4, 0.5) is 5.69 Å². The maximum absolute atomic E-state index is 6.14. The van der Waals surface area contributed by atoms with E-state index in [0.29, 0.717) is 5.25 Å². The van der Waals surface area contributed by atoms with Crippen LogP contribution in [0.15, 0.2) is 53.9 Å². The molecule has 0 radical (unpaired) electrons. The minimum atomic E-state index is 0.447. The monoisotopic (exact) mass is 267 g/mol. The third-order valence-corrected chi connectivity index (χ3v) is 4.80. The van der Waals surface area contributed by atoms with Crippen molar-refractivity contribution in [1.29, 1.82) is 0 Å². The molecule has 1 aliphatic rings. The van der Waals surface area contributed by atoms with Gasteiger partial charge in [0.05, 0.1) is 0 Å². The highest BCUT2D eigenvalue weighted by Crippen LogP contribution is 2.50. The first-order chi connectivity index (χ1) is 9.15. The fraction of sp³-hybridized carbons (Fsp3) is 0.176. The fourth-order valence-corrected chi connectivity index (χ4v) is 4.14. The van der Waals surface area contributed by atoms with Crippen LogP contribution in [-0.2, 0) is 0 Å². The van der Waals surface area contributed by atoms with Crippen molar-refractivity contribution in [1.82, 2.24) is 0 Å². The standard InChI is InChI=1S/C17H17NS/c1-11-8-14(18)17-12(2)10-15(19-16(17)9-11)13-6-4-3-5-7-13/h3-9,15H,2,10,18H2,1H3. The lowest BCUT2D eigenvalue weighted by molar-refractivity contribution is 0.963. The molecule has 2 heteroatoms. The number of benzene rings is 2. The molecule has 1 atom stereocenters. The van der Waals surface area contributed by atoms with E-state index in [-0.39, 0.29) is 0 Å². The van der Waals surface area contributed by atoms with E-state index in [0.717, 1.165) is 23.2 Å². The Balaban J connectivity index is 2.03. The first kappa shape index (κ1) is 12.4. The molecule has 0 amide bonds. The molecule has 1 heterocycles. The summed E-state index contributed by atoms with van der Waals surface area (Å²) in [5.41, 5.74) is 11.9. The summed E-state index contributed by atoms with van der Waals surface area (Å²) in [4.78, 5) is 1.27. The summed E-state index contributed by atoms with van der Waals surface area (Å²) in [5.74, 6) is 0. The SMILES string of the molecule is C=C1CC(c2ccccc2)Sc2cc(C)cc(N)c21. The smallest absolute Gasteiger partial charge is 0.0404 e. The van der Waals surface area contributed by atoms with Crippen molar-refractivity contribution >= 4 is 23.0 Å². The molecule has 0 spiro atoms. The Morgan fingerprint density at radius 2 is 1.95 bits per heavy atom. The van der Waals surface area contributed by atoms with Crippen molar-refractivity contribution in [2.24, 2.45) is 0 Å². The number of aryl methyl sites for hydroxylation is 1. The minimum absolute atomic E-state index is 0.447. The predicted octanol–water partition coefficient (Wildman–Crippen LogP) is 4.83. The van der Waals surface area contributed by atoms with E-state index in [9.17, 15) is 0 Å². The van der Waals surface area contributed by atoms with E-state index in [1.807, 2.05) is 17.8 Å². The van der Waals surface area contributed by atoms with Gasteiger partial charge in [0.2, 0.25) is 0 Å². The molecule has 1 nitrogen and oxygen atoms in total.